The van der Waals surface area contributed by atoms with Crippen molar-refractivity contribution < 1.29 is 13.2 Å². The first kappa shape index (κ1) is 20.6. The van der Waals surface area contributed by atoms with E-state index in [-0.39, 0.29) is 12.0 Å². The third-order valence-corrected chi connectivity index (χ3v) is 8.27. The topological polar surface area (TPSA) is 90.2 Å². The highest BCUT2D eigenvalue weighted by Crippen LogP contribution is 2.42. The van der Waals surface area contributed by atoms with Gasteiger partial charge in [-0.25, -0.2) is 27.4 Å². The van der Waals surface area contributed by atoms with Gasteiger partial charge in [0.15, 0.2) is 10.8 Å². The summed E-state index contributed by atoms with van der Waals surface area (Å²) in [7, 11) is -3.15. The molecule has 2 aliphatic heterocycles. The Morgan fingerprint density at radius 1 is 1.29 bits per heavy atom. The molecule has 1 fully saturated rings. The predicted molar refractivity (Wildman–Crippen MR) is 120 cm³/mol. The maximum atomic E-state index is 11.9. The van der Waals surface area contributed by atoms with Crippen molar-refractivity contribution in [2.75, 3.05) is 26.0 Å². The third kappa shape index (κ3) is 3.77. The number of fused-ring (bicyclic) bond motifs is 3. The lowest BCUT2D eigenvalue weighted by Gasteiger charge is -2.15. The second-order valence-electron chi connectivity index (χ2n) is 8.37. The van der Waals surface area contributed by atoms with Crippen molar-refractivity contribution >= 4 is 21.4 Å². The molecule has 8 nitrogen and oxygen atoms in total. The van der Waals surface area contributed by atoms with E-state index in [4.69, 9.17) is 9.72 Å². The smallest absolute Gasteiger partial charge is 0.211 e. The van der Waals surface area contributed by atoms with Gasteiger partial charge in [0.2, 0.25) is 10.0 Å². The first-order valence-corrected chi connectivity index (χ1v) is 13.1. The van der Waals surface area contributed by atoms with Crippen molar-refractivity contribution in [3.63, 3.8) is 0 Å². The molecular weight excluding hydrogens is 434 g/mol. The van der Waals surface area contributed by atoms with E-state index in [1.165, 1.54) is 11.1 Å². The molecule has 10 heteroatoms. The average molecular weight is 460 g/mol. The highest BCUT2D eigenvalue weighted by molar-refractivity contribution is 7.88. The molecule has 4 heterocycles. The lowest BCUT2D eigenvalue weighted by molar-refractivity contribution is 0.327. The minimum Gasteiger partial charge on any atom is -0.492 e. The number of nitrogens with zero attached hydrogens (tertiary/aromatic N) is 5. The van der Waals surface area contributed by atoms with Crippen LogP contribution in [0.25, 0.3) is 22.1 Å². The summed E-state index contributed by atoms with van der Waals surface area (Å²) in [5.74, 6) is 1.79. The van der Waals surface area contributed by atoms with Crippen LogP contribution >= 0.6 is 11.3 Å². The van der Waals surface area contributed by atoms with Gasteiger partial charge in [0.05, 0.1) is 18.6 Å². The van der Waals surface area contributed by atoms with Crippen LogP contribution in [-0.2, 0) is 16.4 Å². The van der Waals surface area contributed by atoms with Gasteiger partial charge >= 0.3 is 0 Å². The van der Waals surface area contributed by atoms with Gasteiger partial charge in [-0.05, 0) is 43.9 Å². The monoisotopic (exact) mass is 459 g/mol. The summed E-state index contributed by atoms with van der Waals surface area (Å²) in [5, 5.41) is 5.21. The van der Waals surface area contributed by atoms with Crippen LogP contribution in [0, 0.1) is 0 Å². The van der Waals surface area contributed by atoms with E-state index in [1.807, 2.05) is 4.68 Å². The number of rotatable bonds is 4. The van der Waals surface area contributed by atoms with Gasteiger partial charge in [0, 0.05) is 36.0 Å². The molecule has 0 aliphatic carbocycles. The van der Waals surface area contributed by atoms with Gasteiger partial charge in [0.25, 0.3) is 0 Å². The second kappa shape index (κ2) is 7.68. The zero-order valence-corrected chi connectivity index (χ0v) is 19.4. The Bertz CT molecular complexity index is 1230. The van der Waals surface area contributed by atoms with Crippen LogP contribution in [-0.4, -0.2) is 58.4 Å². The average Bonchev–Trinajstić information content (AvgIpc) is 3.45. The van der Waals surface area contributed by atoms with Crippen LogP contribution in [0.1, 0.15) is 42.7 Å². The quantitative estimate of drug-likeness (QED) is 0.594. The number of aromatic nitrogens is 4. The minimum atomic E-state index is -3.15. The Hall–Kier alpha value is -2.30. The molecule has 0 N–H and O–H groups in total. The molecule has 1 atom stereocenters. The Labute approximate surface area is 186 Å². The molecule has 1 saturated heterocycles. The first-order valence-electron chi connectivity index (χ1n) is 10.4. The molecule has 2 aliphatic rings. The largest absolute Gasteiger partial charge is 0.492 e. The van der Waals surface area contributed by atoms with Crippen molar-refractivity contribution in [3.05, 3.63) is 35.0 Å². The number of hydrogen-bond donors (Lipinski definition) is 0. The van der Waals surface area contributed by atoms with E-state index in [9.17, 15) is 8.42 Å². The molecule has 1 aromatic carbocycles. The van der Waals surface area contributed by atoms with Crippen LogP contribution < -0.4 is 4.74 Å². The van der Waals surface area contributed by atoms with Crippen molar-refractivity contribution in [2.24, 2.45) is 0 Å². The van der Waals surface area contributed by atoms with Crippen molar-refractivity contribution in [1.82, 2.24) is 24.1 Å². The van der Waals surface area contributed by atoms with Crippen LogP contribution in [0.2, 0.25) is 0 Å². The zero-order valence-electron chi connectivity index (χ0n) is 17.8. The van der Waals surface area contributed by atoms with Gasteiger partial charge in [-0.1, -0.05) is 6.07 Å². The van der Waals surface area contributed by atoms with Crippen LogP contribution in [0.15, 0.2) is 24.5 Å². The SMILES string of the molecule is CC(C)n1ncnc1-c1nc2c(s1)CCOc1cc(C3CCN(S(C)(=O)=O)C3)ccc1-2. The summed E-state index contributed by atoms with van der Waals surface area (Å²) in [6, 6.07) is 6.42. The molecule has 0 saturated carbocycles. The second-order valence-corrected chi connectivity index (χ2v) is 11.4. The van der Waals surface area contributed by atoms with E-state index in [1.54, 1.807) is 22.0 Å². The Kier molecular flexibility index (Phi) is 5.10. The zero-order chi connectivity index (χ0) is 21.8. The van der Waals surface area contributed by atoms with Gasteiger partial charge in [-0.2, -0.15) is 5.10 Å². The van der Waals surface area contributed by atoms with Crippen molar-refractivity contribution in [1.29, 1.82) is 0 Å². The molecule has 0 bridgehead atoms. The summed E-state index contributed by atoms with van der Waals surface area (Å²) in [6.45, 7) is 5.83. The number of ether oxygens (including phenoxy) is 1. The summed E-state index contributed by atoms with van der Waals surface area (Å²) in [5.41, 5.74) is 3.04. The van der Waals surface area contributed by atoms with E-state index in [2.05, 4.69) is 42.1 Å². The number of thiazole rings is 1. The predicted octanol–water partition coefficient (Wildman–Crippen LogP) is 3.33. The third-order valence-electron chi connectivity index (χ3n) is 5.89. The summed E-state index contributed by atoms with van der Waals surface area (Å²) >= 11 is 1.65. The van der Waals surface area contributed by atoms with Crippen molar-refractivity contribution in [2.45, 2.75) is 38.6 Å². The normalized spacial score (nSPS) is 19.2. The maximum absolute atomic E-state index is 11.9. The maximum Gasteiger partial charge on any atom is 0.211 e. The number of benzene rings is 1. The Morgan fingerprint density at radius 2 is 2.13 bits per heavy atom. The lowest BCUT2D eigenvalue weighted by atomic mass is 9.96. The van der Waals surface area contributed by atoms with Crippen LogP contribution in [0.5, 0.6) is 5.75 Å². The highest BCUT2D eigenvalue weighted by Gasteiger charge is 2.31. The molecule has 3 aromatic rings. The molecule has 5 rings (SSSR count). The lowest BCUT2D eigenvalue weighted by Crippen LogP contribution is -2.27. The van der Waals surface area contributed by atoms with E-state index in [0.29, 0.717) is 19.7 Å². The number of sulfonamides is 1. The van der Waals surface area contributed by atoms with Gasteiger partial charge in [-0.3, -0.25) is 0 Å². The van der Waals surface area contributed by atoms with Crippen LogP contribution in [0.3, 0.4) is 0 Å². The van der Waals surface area contributed by atoms with Gasteiger partial charge in [-0.15, -0.1) is 11.3 Å². The molecule has 31 heavy (non-hydrogen) atoms. The van der Waals surface area contributed by atoms with E-state index in [0.717, 1.165) is 46.2 Å². The van der Waals surface area contributed by atoms with Crippen LogP contribution in [0.4, 0.5) is 0 Å². The van der Waals surface area contributed by atoms with Gasteiger partial charge < -0.3 is 4.74 Å². The molecule has 0 amide bonds. The summed E-state index contributed by atoms with van der Waals surface area (Å²) < 4.78 is 33.3. The fraction of sp³-hybridized carbons (Fsp3) is 0.476. The molecule has 0 radical (unpaired) electrons. The highest BCUT2D eigenvalue weighted by atomic mass is 32.2. The van der Waals surface area contributed by atoms with E-state index >= 15 is 0 Å². The molecule has 1 unspecified atom stereocenters. The van der Waals surface area contributed by atoms with E-state index < -0.39 is 10.0 Å². The Balaban J connectivity index is 1.49. The first-order chi connectivity index (χ1) is 14.8. The van der Waals surface area contributed by atoms with Crippen molar-refractivity contribution in [3.8, 4) is 27.8 Å². The fourth-order valence-corrected chi connectivity index (χ4v) is 6.20. The summed E-state index contributed by atoms with van der Waals surface area (Å²) in [4.78, 5) is 10.6. The number of hydrogen-bond acceptors (Lipinski definition) is 7. The fourth-order valence-electron chi connectivity index (χ4n) is 4.27. The standard InChI is InChI=1S/C21H25N5O3S2/c1-13(2)26-20(22-12-23-26)21-24-19-16-5-4-14(10-17(16)29-9-7-18(19)30-21)15-6-8-25(11-15)31(3,27)28/h4-5,10,12-13,15H,6-9,11H2,1-3H3. The molecule has 2 aromatic heterocycles. The molecule has 164 valence electrons. The molecule has 0 spiro atoms. The van der Waals surface area contributed by atoms with Gasteiger partial charge in [0.1, 0.15) is 12.1 Å². The molecular formula is C21H25N5O3S2. The Morgan fingerprint density at radius 3 is 2.87 bits per heavy atom. The minimum absolute atomic E-state index is 0.182. The summed E-state index contributed by atoms with van der Waals surface area (Å²) in [6.07, 6.45) is 4.46.